The van der Waals surface area contributed by atoms with Crippen molar-refractivity contribution in [2.75, 3.05) is 13.1 Å². The molecule has 1 amide bonds. The number of ether oxygens (including phenoxy) is 1. The Balaban J connectivity index is 2.13. The average Bonchev–Trinajstić information content (AvgIpc) is 2.93. The van der Waals surface area contributed by atoms with E-state index in [0.29, 0.717) is 24.8 Å². The van der Waals surface area contributed by atoms with E-state index >= 15 is 0 Å². The third-order valence-corrected chi connectivity index (χ3v) is 4.73. The number of hydrogen-bond donors (Lipinski definition) is 1. The molecule has 2 rings (SSSR count). The zero-order chi connectivity index (χ0) is 17.0. The summed E-state index contributed by atoms with van der Waals surface area (Å²) in [7, 11) is 0. The third-order valence-electron chi connectivity index (χ3n) is 4.73. The number of likely N-dealkylation sites (tertiary alicyclic amines) is 1. The fourth-order valence-corrected chi connectivity index (χ4v) is 3.33. The minimum atomic E-state index is -0.422. The summed E-state index contributed by atoms with van der Waals surface area (Å²) in [6.07, 6.45) is 1.23. The van der Waals surface area contributed by atoms with Crippen molar-refractivity contribution < 1.29 is 9.53 Å². The summed E-state index contributed by atoms with van der Waals surface area (Å²) in [5.41, 5.74) is 6.92. The zero-order valence-corrected chi connectivity index (χ0v) is 14.8. The van der Waals surface area contributed by atoms with Gasteiger partial charge in [0.05, 0.1) is 0 Å². The molecule has 0 aromatic heterocycles. The van der Waals surface area contributed by atoms with Crippen molar-refractivity contribution in [2.45, 2.75) is 58.6 Å². The van der Waals surface area contributed by atoms with Gasteiger partial charge in [0.25, 0.3) is 5.91 Å². The minimum Gasteiger partial charge on any atom is -0.480 e. The molecule has 23 heavy (non-hydrogen) atoms. The van der Waals surface area contributed by atoms with Gasteiger partial charge in [0.15, 0.2) is 6.10 Å². The van der Waals surface area contributed by atoms with Crippen LogP contribution >= 0.6 is 0 Å². The Labute approximate surface area is 140 Å². The number of nitrogens with two attached hydrogens (primary N) is 1. The molecule has 0 aliphatic carbocycles. The van der Waals surface area contributed by atoms with Crippen LogP contribution < -0.4 is 10.5 Å². The number of rotatable bonds is 6. The Hall–Kier alpha value is -1.55. The molecule has 1 fully saturated rings. The molecule has 1 aliphatic heterocycles. The Kier molecular flexibility index (Phi) is 6.05. The monoisotopic (exact) mass is 318 g/mol. The van der Waals surface area contributed by atoms with Crippen LogP contribution in [0, 0.1) is 5.92 Å². The first-order valence-corrected chi connectivity index (χ1v) is 8.74. The molecule has 3 unspecified atom stereocenters. The second-order valence-corrected chi connectivity index (χ2v) is 6.88. The molecule has 1 heterocycles. The number of carbonyl (C=O) groups excluding carboxylic acids is 1. The highest BCUT2D eigenvalue weighted by Crippen LogP contribution is 2.29. The van der Waals surface area contributed by atoms with Gasteiger partial charge in [-0.1, -0.05) is 39.0 Å². The van der Waals surface area contributed by atoms with Crippen LogP contribution in [-0.4, -0.2) is 36.0 Å². The number of nitrogens with zero attached hydrogens (tertiary/aromatic N) is 1. The summed E-state index contributed by atoms with van der Waals surface area (Å²) in [6.45, 7) is 9.77. The van der Waals surface area contributed by atoms with Crippen molar-refractivity contribution in [3.63, 3.8) is 0 Å². The van der Waals surface area contributed by atoms with Gasteiger partial charge in [0, 0.05) is 12.6 Å². The summed E-state index contributed by atoms with van der Waals surface area (Å²) in [4.78, 5) is 14.8. The number of para-hydroxylation sites is 1. The molecule has 1 aliphatic rings. The lowest BCUT2D eigenvalue weighted by atomic mass is 10.0. The molecule has 0 spiro atoms. The smallest absolute Gasteiger partial charge is 0.263 e. The molecular formula is C19H30N2O2. The van der Waals surface area contributed by atoms with E-state index in [4.69, 9.17) is 10.5 Å². The van der Waals surface area contributed by atoms with E-state index in [0.717, 1.165) is 24.3 Å². The van der Waals surface area contributed by atoms with Crippen molar-refractivity contribution in [1.29, 1.82) is 0 Å². The lowest BCUT2D eigenvalue weighted by molar-refractivity contribution is -0.139. The maximum Gasteiger partial charge on any atom is 0.263 e. The van der Waals surface area contributed by atoms with Crippen LogP contribution in [-0.2, 0) is 4.79 Å². The quantitative estimate of drug-likeness (QED) is 0.876. The Morgan fingerprint density at radius 3 is 2.65 bits per heavy atom. The average molecular weight is 318 g/mol. The highest BCUT2D eigenvalue weighted by molar-refractivity contribution is 5.82. The van der Waals surface area contributed by atoms with Crippen molar-refractivity contribution in [2.24, 2.45) is 11.7 Å². The van der Waals surface area contributed by atoms with E-state index in [-0.39, 0.29) is 11.9 Å². The van der Waals surface area contributed by atoms with E-state index in [1.807, 2.05) is 30.0 Å². The molecule has 0 radical (unpaired) electrons. The predicted molar refractivity (Wildman–Crippen MR) is 93.6 cm³/mol. The van der Waals surface area contributed by atoms with Gasteiger partial charge in [-0.25, -0.2) is 0 Å². The summed E-state index contributed by atoms with van der Waals surface area (Å²) < 4.78 is 6.13. The van der Waals surface area contributed by atoms with E-state index in [9.17, 15) is 4.79 Å². The number of hydrogen-bond acceptors (Lipinski definition) is 3. The van der Waals surface area contributed by atoms with Gasteiger partial charge >= 0.3 is 0 Å². The highest BCUT2D eigenvalue weighted by atomic mass is 16.5. The first-order chi connectivity index (χ1) is 11.0. The molecule has 128 valence electrons. The normalized spacial score (nSPS) is 22.4. The summed E-state index contributed by atoms with van der Waals surface area (Å²) in [5, 5.41) is 0. The fourth-order valence-electron chi connectivity index (χ4n) is 3.33. The van der Waals surface area contributed by atoms with Crippen molar-refractivity contribution >= 4 is 5.91 Å². The van der Waals surface area contributed by atoms with Crippen LogP contribution in [0.15, 0.2) is 24.3 Å². The van der Waals surface area contributed by atoms with Gasteiger partial charge in [-0.15, -0.1) is 0 Å². The lowest BCUT2D eigenvalue weighted by Gasteiger charge is -2.27. The molecule has 0 saturated carbocycles. The number of benzene rings is 1. The predicted octanol–water partition coefficient (Wildman–Crippen LogP) is 3.16. The minimum absolute atomic E-state index is 0.0921. The molecule has 3 atom stereocenters. The first kappa shape index (κ1) is 17.8. The lowest BCUT2D eigenvalue weighted by Crippen LogP contribution is -2.43. The van der Waals surface area contributed by atoms with Crippen LogP contribution in [0.25, 0.3) is 0 Å². The molecule has 1 saturated heterocycles. The maximum atomic E-state index is 12.9. The van der Waals surface area contributed by atoms with Crippen LogP contribution in [0.4, 0.5) is 0 Å². The number of amides is 1. The standard InChI is InChI=1S/C19H30N2O2/c1-5-17(19(22)21-12-15(11-20)10-14(21)4)23-18-9-7-6-8-16(18)13(2)3/h6-9,13-15,17H,5,10-12,20H2,1-4H3. The molecule has 1 aromatic carbocycles. The zero-order valence-electron chi connectivity index (χ0n) is 14.8. The largest absolute Gasteiger partial charge is 0.480 e. The van der Waals surface area contributed by atoms with Crippen LogP contribution in [0.2, 0.25) is 0 Å². The second-order valence-electron chi connectivity index (χ2n) is 6.88. The second kappa shape index (κ2) is 7.82. The van der Waals surface area contributed by atoms with E-state index < -0.39 is 6.10 Å². The van der Waals surface area contributed by atoms with Gasteiger partial charge in [0.1, 0.15) is 5.75 Å². The van der Waals surface area contributed by atoms with Crippen molar-refractivity contribution in [3.8, 4) is 5.75 Å². The molecule has 2 N–H and O–H groups in total. The summed E-state index contributed by atoms with van der Waals surface area (Å²) in [6, 6.07) is 8.25. The van der Waals surface area contributed by atoms with E-state index in [1.54, 1.807) is 0 Å². The van der Waals surface area contributed by atoms with Crippen LogP contribution in [0.5, 0.6) is 5.75 Å². The first-order valence-electron chi connectivity index (χ1n) is 8.74. The van der Waals surface area contributed by atoms with Gasteiger partial charge in [-0.2, -0.15) is 0 Å². The molecule has 0 bridgehead atoms. The van der Waals surface area contributed by atoms with Gasteiger partial charge < -0.3 is 15.4 Å². The Morgan fingerprint density at radius 1 is 1.39 bits per heavy atom. The SMILES string of the molecule is CCC(Oc1ccccc1C(C)C)C(=O)N1CC(CN)CC1C. The molecular weight excluding hydrogens is 288 g/mol. The summed E-state index contributed by atoms with van der Waals surface area (Å²) >= 11 is 0. The Morgan fingerprint density at radius 2 is 2.09 bits per heavy atom. The topological polar surface area (TPSA) is 55.6 Å². The van der Waals surface area contributed by atoms with Gasteiger partial charge in [-0.3, -0.25) is 4.79 Å². The maximum absolute atomic E-state index is 12.9. The van der Waals surface area contributed by atoms with Crippen LogP contribution in [0.1, 0.15) is 52.0 Å². The van der Waals surface area contributed by atoms with Gasteiger partial charge in [0.2, 0.25) is 0 Å². The van der Waals surface area contributed by atoms with Crippen molar-refractivity contribution in [1.82, 2.24) is 4.90 Å². The molecule has 4 heteroatoms. The third kappa shape index (κ3) is 4.05. The van der Waals surface area contributed by atoms with Gasteiger partial charge in [-0.05, 0) is 49.8 Å². The molecule has 1 aromatic rings. The van der Waals surface area contributed by atoms with E-state index in [2.05, 4.69) is 26.8 Å². The fraction of sp³-hybridized carbons (Fsp3) is 0.632. The number of carbonyl (C=O) groups is 1. The van der Waals surface area contributed by atoms with Crippen molar-refractivity contribution in [3.05, 3.63) is 29.8 Å². The Bertz CT molecular complexity index is 530. The molecule has 4 nitrogen and oxygen atoms in total. The van der Waals surface area contributed by atoms with E-state index in [1.165, 1.54) is 0 Å². The van der Waals surface area contributed by atoms with Crippen LogP contribution in [0.3, 0.4) is 0 Å². The highest BCUT2D eigenvalue weighted by Gasteiger charge is 2.35. The summed E-state index contributed by atoms with van der Waals surface area (Å²) in [5.74, 6) is 1.69.